The molecule has 1 heterocycles. The molecule has 29 heavy (non-hydrogen) atoms. The van der Waals surface area contributed by atoms with Crippen molar-refractivity contribution in [2.75, 3.05) is 45.2 Å². The quantitative estimate of drug-likeness (QED) is 0.811. The SMILES string of the molecule is CCOC(=O)N1CCN(C(C(=O)Nc2cccc(OC)c2)c2ccccc2)CC1. The second kappa shape index (κ2) is 9.93. The van der Waals surface area contributed by atoms with Crippen LogP contribution in [-0.4, -0.2) is 61.7 Å². The zero-order valence-electron chi connectivity index (χ0n) is 16.8. The molecule has 2 amide bonds. The summed E-state index contributed by atoms with van der Waals surface area (Å²) in [6.07, 6.45) is -0.302. The highest BCUT2D eigenvalue weighted by Crippen LogP contribution is 2.25. The van der Waals surface area contributed by atoms with Crippen LogP contribution in [0, 0.1) is 0 Å². The molecule has 0 bridgehead atoms. The molecule has 2 aromatic carbocycles. The van der Waals surface area contributed by atoms with Crippen molar-refractivity contribution in [2.24, 2.45) is 0 Å². The second-order valence-electron chi connectivity index (χ2n) is 6.76. The molecule has 7 nitrogen and oxygen atoms in total. The van der Waals surface area contributed by atoms with E-state index in [1.165, 1.54) is 0 Å². The Balaban J connectivity index is 1.75. The summed E-state index contributed by atoms with van der Waals surface area (Å²) < 4.78 is 10.3. The van der Waals surface area contributed by atoms with Crippen molar-refractivity contribution in [3.8, 4) is 5.75 Å². The van der Waals surface area contributed by atoms with Gasteiger partial charge in [-0.05, 0) is 24.6 Å². The minimum absolute atomic E-state index is 0.117. The molecular weight excluding hydrogens is 370 g/mol. The van der Waals surface area contributed by atoms with E-state index in [0.29, 0.717) is 44.2 Å². The Morgan fingerprint density at radius 3 is 2.41 bits per heavy atom. The van der Waals surface area contributed by atoms with Crippen molar-refractivity contribution < 1.29 is 19.1 Å². The summed E-state index contributed by atoms with van der Waals surface area (Å²) in [4.78, 5) is 29.0. The lowest BCUT2D eigenvalue weighted by Gasteiger charge is -2.38. The molecular formula is C22H27N3O4. The van der Waals surface area contributed by atoms with Crippen molar-refractivity contribution in [3.63, 3.8) is 0 Å². The summed E-state index contributed by atoms with van der Waals surface area (Å²) in [5.41, 5.74) is 1.60. The summed E-state index contributed by atoms with van der Waals surface area (Å²) in [5.74, 6) is 0.566. The summed E-state index contributed by atoms with van der Waals surface area (Å²) in [6, 6.07) is 16.5. The number of rotatable bonds is 6. The fraction of sp³-hybridized carbons (Fsp3) is 0.364. The van der Waals surface area contributed by atoms with E-state index in [1.807, 2.05) is 48.5 Å². The number of hydrogen-bond acceptors (Lipinski definition) is 5. The van der Waals surface area contributed by atoms with Gasteiger partial charge in [0.15, 0.2) is 0 Å². The van der Waals surface area contributed by atoms with Crippen LogP contribution >= 0.6 is 0 Å². The number of benzene rings is 2. The molecule has 154 valence electrons. The van der Waals surface area contributed by atoms with Crippen LogP contribution in [0.2, 0.25) is 0 Å². The Morgan fingerprint density at radius 2 is 1.76 bits per heavy atom. The van der Waals surface area contributed by atoms with Crippen LogP contribution in [0.1, 0.15) is 18.5 Å². The van der Waals surface area contributed by atoms with Gasteiger partial charge in [-0.15, -0.1) is 0 Å². The molecule has 3 rings (SSSR count). The largest absolute Gasteiger partial charge is 0.497 e. The predicted octanol–water partition coefficient (Wildman–Crippen LogP) is 3.15. The number of nitrogens with zero attached hydrogens (tertiary/aromatic N) is 2. The van der Waals surface area contributed by atoms with E-state index in [0.717, 1.165) is 5.56 Å². The van der Waals surface area contributed by atoms with Crippen LogP contribution in [-0.2, 0) is 9.53 Å². The average Bonchev–Trinajstić information content (AvgIpc) is 2.75. The highest BCUT2D eigenvalue weighted by Gasteiger charge is 2.32. The predicted molar refractivity (Wildman–Crippen MR) is 111 cm³/mol. The molecule has 0 radical (unpaired) electrons. The maximum absolute atomic E-state index is 13.2. The van der Waals surface area contributed by atoms with Crippen LogP contribution < -0.4 is 10.1 Å². The lowest BCUT2D eigenvalue weighted by Crippen LogP contribution is -2.51. The Hall–Kier alpha value is -3.06. The van der Waals surface area contributed by atoms with E-state index < -0.39 is 6.04 Å². The molecule has 1 unspecified atom stereocenters. The lowest BCUT2D eigenvalue weighted by molar-refractivity contribution is -0.122. The number of amides is 2. The number of piperazine rings is 1. The van der Waals surface area contributed by atoms with Gasteiger partial charge in [-0.25, -0.2) is 4.79 Å². The van der Waals surface area contributed by atoms with Crippen molar-refractivity contribution in [1.82, 2.24) is 9.80 Å². The van der Waals surface area contributed by atoms with E-state index in [1.54, 1.807) is 25.0 Å². The molecule has 2 aromatic rings. The Labute approximate surface area is 171 Å². The van der Waals surface area contributed by atoms with E-state index in [2.05, 4.69) is 10.2 Å². The van der Waals surface area contributed by atoms with Crippen LogP contribution in [0.3, 0.4) is 0 Å². The topological polar surface area (TPSA) is 71.1 Å². The smallest absolute Gasteiger partial charge is 0.409 e. The number of ether oxygens (including phenoxy) is 2. The molecule has 1 aliphatic rings. The summed E-state index contributed by atoms with van der Waals surface area (Å²) in [7, 11) is 1.59. The van der Waals surface area contributed by atoms with Crippen LogP contribution in [0.5, 0.6) is 5.75 Å². The van der Waals surface area contributed by atoms with E-state index in [9.17, 15) is 9.59 Å². The molecule has 0 spiro atoms. The summed E-state index contributed by atoms with van der Waals surface area (Å²) >= 11 is 0. The first kappa shape index (κ1) is 20.7. The molecule has 0 saturated carbocycles. The Morgan fingerprint density at radius 1 is 1.03 bits per heavy atom. The molecule has 1 aliphatic heterocycles. The third-order valence-electron chi connectivity index (χ3n) is 4.91. The minimum atomic E-state index is -0.452. The van der Waals surface area contributed by atoms with Gasteiger partial charge >= 0.3 is 6.09 Å². The maximum Gasteiger partial charge on any atom is 0.409 e. The number of carbonyl (C=O) groups excluding carboxylic acids is 2. The van der Waals surface area contributed by atoms with Gasteiger partial charge in [-0.1, -0.05) is 36.4 Å². The maximum atomic E-state index is 13.2. The molecule has 0 aliphatic carbocycles. The molecule has 7 heteroatoms. The van der Waals surface area contributed by atoms with E-state index >= 15 is 0 Å². The van der Waals surface area contributed by atoms with Crippen molar-refractivity contribution >= 4 is 17.7 Å². The van der Waals surface area contributed by atoms with Gasteiger partial charge in [0.1, 0.15) is 11.8 Å². The fourth-order valence-electron chi connectivity index (χ4n) is 3.45. The highest BCUT2D eigenvalue weighted by molar-refractivity contribution is 5.95. The fourth-order valence-corrected chi connectivity index (χ4v) is 3.45. The van der Waals surface area contributed by atoms with Gasteiger partial charge in [-0.2, -0.15) is 0 Å². The molecule has 0 aromatic heterocycles. The van der Waals surface area contributed by atoms with Gasteiger partial charge in [-0.3, -0.25) is 9.69 Å². The summed E-state index contributed by atoms with van der Waals surface area (Å²) in [6.45, 7) is 4.37. The molecule has 1 saturated heterocycles. The van der Waals surface area contributed by atoms with Crippen molar-refractivity contribution in [1.29, 1.82) is 0 Å². The minimum Gasteiger partial charge on any atom is -0.497 e. The first-order valence-corrected chi connectivity index (χ1v) is 9.78. The zero-order chi connectivity index (χ0) is 20.6. The Bertz CT molecular complexity index is 820. The molecule has 1 atom stereocenters. The Kier molecular flexibility index (Phi) is 7.08. The number of carbonyl (C=O) groups is 2. The monoisotopic (exact) mass is 397 g/mol. The van der Waals surface area contributed by atoms with Gasteiger partial charge in [0.05, 0.1) is 13.7 Å². The first-order valence-electron chi connectivity index (χ1n) is 9.78. The standard InChI is InChI=1S/C22H27N3O4/c1-3-29-22(27)25-14-12-24(13-15-25)20(17-8-5-4-6-9-17)21(26)23-18-10-7-11-19(16-18)28-2/h4-11,16,20H,3,12-15H2,1-2H3,(H,23,26). The first-order chi connectivity index (χ1) is 14.1. The number of nitrogens with one attached hydrogen (secondary N) is 1. The van der Waals surface area contributed by atoms with Crippen LogP contribution in [0.4, 0.5) is 10.5 Å². The number of hydrogen-bond donors (Lipinski definition) is 1. The zero-order valence-corrected chi connectivity index (χ0v) is 16.8. The average molecular weight is 397 g/mol. The normalized spacial score (nSPS) is 15.4. The van der Waals surface area contributed by atoms with E-state index in [4.69, 9.17) is 9.47 Å². The van der Waals surface area contributed by atoms with Crippen molar-refractivity contribution in [3.05, 3.63) is 60.2 Å². The third kappa shape index (κ3) is 5.26. The van der Waals surface area contributed by atoms with Gasteiger partial charge < -0.3 is 19.7 Å². The number of anilines is 1. The third-order valence-corrected chi connectivity index (χ3v) is 4.91. The van der Waals surface area contributed by atoms with Crippen molar-refractivity contribution in [2.45, 2.75) is 13.0 Å². The molecule has 1 fully saturated rings. The van der Waals surface area contributed by atoms with Gasteiger partial charge in [0, 0.05) is 37.9 Å². The summed E-state index contributed by atoms with van der Waals surface area (Å²) in [5, 5.41) is 3.00. The number of methoxy groups -OCH3 is 1. The van der Waals surface area contributed by atoms with Crippen LogP contribution in [0.25, 0.3) is 0 Å². The highest BCUT2D eigenvalue weighted by atomic mass is 16.6. The second-order valence-corrected chi connectivity index (χ2v) is 6.76. The van der Waals surface area contributed by atoms with Crippen LogP contribution in [0.15, 0.2) is 54.6 Å². The van der Waals surface area contributed by atoms with Gasteiger partial charge in [0.2, 0.25) is 5.91 Å². The lowest BCUT2D eigenvalue weighted by atomic mass is 10.0. The van der Waals surface area contributed by atoms with E-state index in [-0.39, 0.29) is 12.0 Å². The van der Waals surface area contributed by atoms with Gasteiger partial charge in [0.25, 0.3) is 0 Å². The molecule has 1 N–H and O–H groups in total.